The van der Waals surface area contributed by atoms with Crippen LogP contribution >= 0.6 is 0 Å². The first-order valence-corrected chi connectivity index (χ1v) is 11.4. The summed E-state index contributed by atoms with van der Waals surface area (Å²) in [4.78, 5) is 29.6. The third-order valence-electron chi connectivity index (χ3n) is 5.30. The summed E-state index contributed by atoms with van der Waals surface area (Å²) in [5.41, 5.74) is 1.33. The van der Waals surface area contributed by atoms with E-state index in [1.807, 2.05) is 30.3 Å². The van der Waals surface area contributed by atoms with E-state index in [-0.39, 0.29) is 29.7 Å². The van der Waals surface area contributed by atoms with Crippen LogP contribution in [-0.2, 0) is 22.6 Å². The van der Waals surface area contributed by atoms with Gasteiger partial charge in [0.25, 0.3) is 0 Å². The van der Waals surface area contributed by atoms with Crippen molar-refractivity contribution in [1.82, 2.24) is 9.80 Å². The fraction of sp³-hybridized carbons (Fsp3) is 0.481. The molecule has 0 bridgehead atoms. The Kier molecular flexibility index (Phi) is 9.76. The Bertz CT molecular complexity index is 838. The average Bonchev–Trinajstić information content (AvgIpc) is 3.23. The van der Waals surface area contributed by atoms with Crippen molar-refractivity contribution in [3.8, 4) is 0 Å². The second-order valence-corrected chi connectivity index (χ2v) is 9.77. The fourth-order valence-corrected chi connectivity index (χ4v) is 4.01. The van der Waals surface area contributed by atoms with Crippen molar-refractivity contribution in [2.75, 3.05) is 19.6 Å². The van der Waals surface area contributed by atoms with E-state index in [0.29, 0.717) is 26.1 Å². The molecule has 1 unspecified atom stereocenters. The van der Waals surface area contributed by atoms with Crippen molar-refractivity contribution in [2.24, 2.45) is 11.3 Å². The van der Waals surface area contributed by atoms with Gasteiger partial charge in [0.05, 0.1) is 12.8 Å². The van der Waals surface area contributed by atoms with Gasteiger partial charge in [0, 0.05) is 19.5 Å². The summed E-state index contributed by atoms with van der Waals surface area (Å²) < 4.78 is 5.47. The maximum Gasteiger partial charge on any atom is 0.242 e. The summed E-state index contributed by atoms with van der Waals surface area (Å²) in [6.45, 7) is 13.8. The Morgan fingerprint density at radius 2 is 1.78 bits per heavy atom. The quantitative estimate of drug-likeness (QED) is 0.421. The molecule has 5 nitrogen and oxygen atoms in total. The molecule has 0 N–H and O–H groups in total. The van der Waals surface area contributed by atoms with Crippen LogP contribution in [-0.4, -0.2) is 41.2 Å². The molecular weight excluding hydrogens is 400 g/mol. The van der Waals surface area contributed by atoms with E-state index >= 15 is 0 Å². The Morgan fingerprint density at radius 1 is 1.06 bits per heavy atom. The van der Waals surface area contributed by atoms with Gasteiger partial charge in [-0.15, -0.1) is 6.58 Å². The number of hydrogen-bond donors (Lipinski definition) is 0. The SMILES string of the molecule is C=CCN(CC(=O)N(CCc1ccccc1)Cc1ccco1)C(=O)CC(C)CC(C)(C)C. The topological polar surface area (TPSA) is 53.8 Å². The number of furan rings is 1. The number of benzene rings is 1. The van der Waals surface area contributed by atoms with E-state index < -0.39 is 0 Å². The first-order valence-electron chi connectivity index (χ1n) is 11.4. The summed E-state index contributed by atoms with van der Waals surface area (Å²) in [7, 11) is 0. The van der Waals surface area contributed by atoms with E-state index in [9.17, 15) is 9.59 Å². The predicted octanol–water partition coefficient (Wildman–Crippen LogP) is 5.33. The molecule has 0 radical (unpaired) electrons. The van der Waals surface area contributed by atoms with E-state index in [0.717, 1.165) is 18.6 Å². The van der Waals surface area contributed by atoms with Crippen LogP contribution in [0.3, 0.4) is 0 Å². The third-order valence-corrected chi connectivity index (χ3v) is 5.30. The van der Waals surface area contributed by atoms with Gasteiger partial charge in [-0.3, -0.25) is 9.59 Å². The molecule has 0 fully saturated rings. The van der Waals surface area contributed by atoms with Crippen molar-refractivity contribution >= 4 is 11.8 Å². The number of carbonyl (C=O) groups is 2. The highest BCUT2D eigenvalue weighted by Gasteiger charge is 2.24. The number of nitrogens with zero attached hydrogens (tertiary/aromatic N) is 2. The van der Waals surface area contributed by atoms with Crippen molar-refractivity contribution < 1.29 is 14.0 Å². The molecule has 0 aliphatic rings. The third kappa shape index (κ3) is 9.13. The maximum atomic E-state index is 13.3. The van der Waals surface area contributed by atoms with Crippen LogP contribution in [0.1, 0.15) is 51.9 Å². The molecule has 32 heavy (non-hydrogen) atoms. The molecule has 2 rings (SSSR count). The number of amides is 2. The van der Waals surface area contributed by atoms with Crippen LogP contribution in [0.4, 0.5) is 0 Å². The molecule has 0 spiro atoms. The lowest BCUT2D eigenvalue weighted by Crippen LogP contribution is -2.43. The minimum Gasteiger partial charge on any atom is -0.467 e. The number of hydrogen-bond acceptors (Lipinski definition) is 3. The van der Waals surface area contributed by atoms with Gasteiger partial charge >= 0.3 is 0 Å². The Hall–Kier alpha value is -2.82. The van der Waals surface area contributed by atoms with Gasteiger partial charge in [0.15, 0.2) is 0 Å². The minimum atomic E-state index is -0.0870. The van der Waals surface area contributed by atoms with Crippen LogP contribution in [0.2, 0.25) is 0 Å². The molecule has 5 heteroatoms. The number of rotatable bonds is 12. The zero-order valence-corrected chi connectivity index (χ0v) is 20.0. The second kappa shape index (κ2) is 12.3. The summed E-state index contributed by atoms with van der Waals surface area (Å²) in [5.74, 6) is 0.890. The Balaban J connectivity index is 2.05. The summed E-state index contributed by atoms with van der Waals surface area (Å²) >= 11 is 0. The van der Waals surface area contributed by atoms with Crippen molar-refractivity contribution in [3.05, 3.63) is 72.7 Å². The Labute approximate surface area is 193 Å². The van der Waals surface area contributed by atoms with Gasteiger partial charge in [0.1, 0.15) is 12.3 Å². The van der Waals surface area contributed by atoms with Gasteiger partial charge in [-0.2, -0.15) is 0 Å². The largest absolute Gasteiger partial charge is 0.467 e. The molecule has 1 aromatic heterocycles. The van der Waals surface area contributed by atoms with Crippen molar-refractivity contribution in [2.45, 2.75) is 53.5 Å². The second-order valence-electron chi connectivity index (χ2n) is 9.77. The van der Waals surface area contributed by atoms with Crippen LogP contribution in [0.15, 0.2) is 65.8 Å². The van der Waals surface area contributed by atoms with Crippen molar-refractivity contribution in [3.63, 3.8) is 0 Å². The average molecular weight is 439 g/mol. The lowest BCUT2D eigenvalue weighted by molar-refractivity contribution is -0.141. The molecule has 0 aliphatic carbocycles. The molecule has 1 aromatic carbocycles. The molecule has 0 aliphatic heterocycles. The van der Waals surface area contributed by atoms with Gasteiger partial charge in [-0.05, 0) is 41.9 Å². The monoisotopic (exact) mass is 438 g/mol. The molecule has 1 atom stereocenters. The first-order chi connectivity index (χ1) is 15.2. The van der Waals surface area contributed by atoms with Gasteiger partial charge in [-0.25, -0.2) is 0 Å². The maximum absolute atomic E-state index is 13.3. The molecular formula is C27H38N2O3. The van der Waals surface area contributed by atoms with Gasteiger partial charge in [-0.1, -0.05) is 64.1 Å². The number of carbonyl (C=O) groups excluding carboxylic acids is 2. The standard InChI is InChI=1S/C27H38N2O3/c1-6-15-28(25(30)18-22(2)19-27(3,4)5)21-26(31)29(20-24-13-10-17-32-24)16-14-23-11-8-7-9-12-23/h6-13,17,22H,1,14-16,18-21H2,2-5H3. The van der Waals surface area contributed by atoms with Gasteiger partial charge in [0.2, 0.25) is 11.8 Å². The predicted molar refractivity (Wildman–Crippen MR) is 129 cm³/mol. The molecule has 1 heterocycles. The highest BCUT2D eigenvalue weighted by Crippen LogP contribution is 2.26. The van der Waals surface area contributed by atoms with Crippen LogP contribution < -0.4 is 0 Å². The summed E-state index contributed by atoms with van der Waals surface area (Å²) in [6, 6.07) is 13.8. The molecule has 2 aromatic rings. The van der Waals surface area contributed by atoms with Gasteiger partial charge < -0.3 is 14.2 Å². The minimum absolute atomic E-state index is 0.00370. The van der Waals surface area contributed by atoms with Crippen LogP contribution in [0.25, 0.3) is 0 Å². The van der Waals surface area contributed by atoms with Crippen LogP contribution in [0, 0.1) is 11.3 Å². The molecule has 2 amide bonds. The molecule has 0 saturated carbocycles. The first kappa shape index (κ1) is 25.4. The normalized spacial score (nSPS) is 12.2. The highest BCUT2D eigenvalue weighted by atomic mass is 16.3. The van der Waals surface area contributed by atoms with E-state index in [4.69, 9.17) is 4.42 Å². The highest BCUT2D eigenvalue weighted by molar-refractivity contribution is 5.85. The van der Waals surface area contributed by atoms with E-state index in [1.54, 1.807) is 22.1 Å². The zero-order valence-electron chi connectivity index (χ0n) is 20.0. The fourth-order valence-electron chi connectivity index (χ4n) is 4.01. The van der Waals surface area contributed by atoms with Crippen molar-refractivity contribution in [1.29, 1.82) is 0 Å². The smallest absolute Gasteiger partial charge is 0.242 e. The lowest BCUT2D eigenvalue weighted by Gasteiger charge is -2.28. The molecule has 174 valence electrons. The molecule has 0 saturated heterocycles. The summed E-state index contributed by atoms with van der Waals surface area (Å²) in [5, 5.41) is 0. The lowest BCUT2D eigenvalue weighted by atomic mass is 9.84. The summed E-state index contributed by atoms with van der Waals surface area (Å²) in [6.07, 6.45) is 5.42. The van der Waals surface area contributed by atoms with Crippen LogP contribution in [0.5, 0.6) is 0 Å². The zero-order chi connectivity index (χ0) is 23.6. The van der Waals surface area contributed by atoms with E-state index in [1.165, 1.54) is 5.56 Å². The Morgan fingerprint density at radius 3 is 2.38 bits per heavy atom. The van der Waals surface area contributed by atoms with E-state index in [2.05, 4.69) is 46.4 Å².